The minimum atomic E-state index is -0.580. The second-order valence-corrected chi connectivity index (χ2v) is 18.2. The highest BCUT2D eigenvalue weighted by Crippen LogP contribution is 2.36. The smallest absolute Gasteiger partial charge is 0.168 e. The summed E-state index contributed by atoms with van der Waals surface area (Å²) in [6, 6.07) is 13.9. The number of hydrogen-bond donors (Lipinski definition) is 0. The Balaban J connectivity index is 1.08. The van der Waals surface area contributed by atoms with Crippen LogP contribution in [0.1, 0.15) is 102 Å². The Bertz CT molecular complexity index is 1390. The van der Waals surface area contributed by atoms with Gasteiger partial charge in [0.05, 0.1) is 48.6 Å². The zero-order valence-corrected chi connectivity index (χ0v) is 35.8. The Morgan fingerprint density at radius 1 is 0.604 bits per heavy atom. The predicted molar refractivity (Wildman–Crippen MR) is 222 cm³/mol. The van der Waals surface area contributed by atoms with Crippen molar-refractivity contribution >= 4 is 33.6 Å². The van der Waals surface area contributed by atoms with E-state index < -0.39 is 5.79 Å². The molecule has 294 valence electrons. The third-order valence-corrected chi connectivity index (χ3v) is 12.5. The quantitative estimate of drug-likeness (QED) is 0.0951. The van der Waals surface area contributed by atoms with E-state index in [0.717, 1.165) is 25.7 Å². The second kappa shape index (κ2) is 19.9. The summed E-state index contributed by atoms with van der Waals surface area (Å²) in [7, 11) is 0. The first-order chi connectivity index (χ1) is 25.3. The third-order valence-electron chi connectivity index (χ3n) is 10.4. The molecule has 0 aromatic heterocycles. The molecule has 1 aliphatic carbocycles. The molecule has 0 radical (unpaired) electrons. The van der Waals surface area contributed by atoms with Gasteiger partial charge < -0.3 is 18.9 Å². The summed E-state index contributed by atoms with van der Waals surface area (Å²) in [5.41, 5.74) is 5.14. The Hall–Kier alpha value is -1.76. The summed E-state index contributed by atoms with van der Waals surface area (Å²) < 4.78 is 25.8. The summed E-state index contributed by atoms with van der Waals surface area (Å²) in [6.45, 7) is 25.2. The summed E-state index contributed by atoms with van der Waals surface area (Å²) >= 11 is 3.60. The number of thioether (sulfide) groups is 2. The molecule has 3 aliphatic rings. The lowest BCUT2D eigenvalue weighted by atomic mass is 10.1. The van der Waals surface area contributed by atoms with Crippen LogP contribution >= 0.6 is 23.5 Å². The van der Waals surface area contributed by atoms with Crippen LogP contribution in [0.3, 0.4) is 0 Å². The van der Waals surface area contributed by atoms with Crippen molar-refractivity contribution in [1.82, 2.24) is 9.80 Å². The highest BCUT2D eigenvalue weighted by molar-refractivity contribution is 8.14. The van der Waals surface area contributed by atoms with Crippen molar-refractivity contribution in [3.05, 3.63) is 58.7 Å². The second-order valence-electron chi connectivity index (χ2n) is 16.1. The van der Waals surface area contributed by atoms with Gasteiger partial charge in [0.1, 0.15) is 25.8 Å². The van der Waals surface area contributed by atoms with Crippen LogP contribution in [0.2, 0.25) is 0 Å². The fourth-order valence-electron chi connectivity index (χ4n) is 8.04. The number of benzene rings is 2. The molecule has 2 aromatic rings. The van der Waals surface area contributed by atoms with E-state index in [1.807, 2.05) is 0 Å². The minimum absolute atomic E-state index is 0.0712. The zero-order valence-electron chi connectivity index (χ0n) is 34.2. The first kappa shape index (κ1) is 42.4. The SMILES string of the molecule is Cc1cc(C)cc(SC2=NC(C)N(COCCOC3(OCCOCN4C(C)N=C(Sc5cc(C)cc(C)c5)C4C(C)C)CCCCCC3)C2C(C)C)c1. The van der Waals surface area contributed by atoms with Crippen LogP contribution in [0.25, 0.3) is 0 Å². The highest BCUT2D eigenvalue weighted by atomic mass is 32.2. The molecule has 2 aliphatic heterocycles. The maximum atomic E-state index is 6.59. The van der Waals surface area contributed by atoms with Crippen molar-refractivity contribution in [3.8, 4) is 0 Å². The lowest BCUT2D eigenvalue weighted by Gasteiger charge is -2.34. The molecule has 2 aromatic carbocycles. The van der Waals surface area contributed by atoms with E-state index in [1.54, 1.807) is 23.5 Å². The van der Waals surface area contributed by atoms with E-state index in [0.29, 0.717) is 51.7 Å². The molecule has 0 bridgehead atoms. The van der Waals surface area contributed by atoms with E-state index in [4.69, 9.17) is 28.9 Å². The van der Waals surface area contributed by atoms with E-state index in [2.05, 4.69) is 115 Å². The maximum absolute atomic E-state index is 6.59. The number of aliphatic imine (C=N–C) groups is 2. The van der Waals surface area contributed by atoms with Gasteiger partial charge in [-0.15, -0.1) is 0 Å². The number of aryl methyl sites for hydroxylation is 4. The molecule has 4 unspecified atom stereocenters. The van der Waals surface area contributed by atoms with Gasteiger partial charge in [0, 0.05) is 22.6 Å². The van der Waals surface area contributed by atoms with Crippen molar-refractivity contribution in [2.75, 3.05) is 39.9 Å². The van der Waals surface area contributed by atoms with Gasteiger partial charge in [-0.05, 0) is 113 Å². The zero-order chi connectivity index (χ0) is 38.1. The molecule has 0 saturated heterocycles. The summed E-state index contributed by atoms with van der Waals surface area (Å²) in [5, 5.41) is 2.35. The third kappa shape index (κ3) is 11.9. The molecular weight excluding hydrogens is 701 g/mol. The molecule has 53 heavy (non-hydrogen) atoms. The van der Waals surface area contributed by atoms with Gasteiger partial charge in [-0.25, -0.2) is 9.80 Å². The van der Waals surface area contributed by atoms with E-state index in [-0.39, 0.29) is 24.4 Å². The summed E-state index contributed by atoms with van der Waals surface area (Å²) in [4.78, 5) is 17.5. The molecular formula is C43H66N4O4S2. The molecule has 8 nitrogen and oxygen atoms in total. The van der Waals surface area contributed by atoms with Crippen molar-refractivity contribution < 1.29 is 18.9 Å². The fraction of sp³-hybridized carbons (Fsp3) is 0.674. The molecule has 1 saturated carbocycles. The van der Waals surface area contributed by atoms with Crippen LogP contribution in [-0.4, -0.2) is 90.0 Å². The van der Waals surface area contributed by atoms with Crippen molar-refractivity contribution in [3.63, 3.8) is 0 Å². The number of nitrogens with zero attached hydrogens (tertiary/aromatic N) is 4. The van der Waals surface area contributed by atoms with Gasteiger partial charge in [0.15, 0.2) is 5.79 Å². The monoisotopic (exact) mass is 766 g/mol. The Kier molecular flexibility index (Phi) is 15.9. The van der Waals surface area contributed by atoms with Crippen LogP contribution in [-0.2, 0) is 18.9 Å². The van der Waals surface area contributed by atoms with Crippen LogP contribution < -0.4 is 0 Å². The van der Waals surface area contributed by atoms with Crippen molar-refractivity contribution in [1.29, 1.82) is 0 Å². The summed E-state index contributed by atoms with van der Waals surface area (Å²) in [6.07, 6.45) is 6.62. The van der Waals surface area contributed by atoms with Crippen LogP contribution in [0.15, 0.2) is 56.2 Å². The fourth-order valence-corrected chi connectivity index (χ4v) is 11.0. The average molecular weight is 767 g/mol. The molecule has 2 heterocycles. The molecule has 0 spiro atoms. The normalized spacial score (nSPS) is 23.9. The van der Waals surface area contributed by atoms with Gasteiger partial charge >= 0.3 is 0 Å². The lowest BCUT2D eigenvalue weighted by molar-refractivity contribution is -0.254. The van der Waals surface area contributed by atoms with Gasteiger partial charge in [0.25, 0.3) is 0 Å². The topological polar surface area (TPSA) is 68.1 Å². The van der Waals surface area contributed by atoms with Gasteiger partial charge in [-0.2, -0.15) is 0 Å². The van der Waals surface area contributed by atoms with Crippen LogP contribution in [0.4, 0.5) is 0 Å². The van der Waals surface area contributed by atoms with E-state index in [1.165, 1.54) is 55.0 Å². The summed E-state index contributed by atoms with van der Waals surface area (Å²) in [5.74, 6) is 0.260. The lowest BCUT2D eigenvalue weighted by Crippen LogP contribution is -2.44. The highest BCUT2D eigenvalue weighted by Gasteiger charge is 2.38. The largest absolute Gasteiger partial charge is 0.364 e. The minimum Gasteiger partial charge on any atom is -0.364 e. The number of ether oxygens (including phenoxy) is 4. The van der Waals surface area contributed by atoms with E-state index >= 15 is 0 Å². The Morgan fingerprint density at radius 3 is 1.34 bits per heavy atom. The molecule has 5 rings (SSSR count). The first-order valence-electron chi connectivity index (χ1n) is 20.0. The number of rotatable bonds is 16. The van der Waals surface area contributed by atoms with Crippen molar-refractivity contribution in [2.24, 2.45) is 21.8 Å². The maximum Gasteiger partial charge on any atom is 0.168 e. The van der Waals surface area contributed by atoms with E-state index in [9.17, 15) is 0 Å². The molecule has 4 atom stereocenters. The first-order valence-corrected chi connectivity index (χ1v) is 21.6. The van der Waals surface area contributed by atoms with Crippen molar-refractivity contribution in [2.45, 2.75) is 148 Å². The predicted octanol–water partition coefficient (Wildman–Crippen LogP) is 10.0. The van der Waals surface area contributed by atoms with Crippen LogP contribution in [0.5, 0.6) is 0 Å². The Labute approximate surface area is 329 Å². The van der Waals surface area contributed by atoms with Gasteiger partial charge in [-0.1, -0.05) is 76.2 Å². The molecule has 1 fully saturated rings. The molecule has 0 amide bonds. The van der Waals surface area contributed by atoms with Gasteiger partial charge in [0.2, 0.25) is 0 Å². The Morgan fingerprint density at radius 2 is 0.981 bits per heavy atom. The average Bonchev–Trinajstić information content (AvgIpc) is 3.42. The number of hydrogen-bond acceptors (Lipinski definition) is 10. The molecule has 10 heteroatoms. The van der Waals surface area contributed by atoms with Gasteiger partial charge in [-0.3, -0.25) is 9.98 Å². The molecule has 0 N–H and O–H groups in total. The standard InChI is InChI=1S/C43H66N4O4S2/c1-29(2)39-41(52-37-23-31(5)21-32(6)24-37)44-35(9)46(39)27-48-17-19-50-43(15-13-11-12-14-16-43)51-20-18-49-28-47-36(10)45-42(40(47)30(3)4)53-38-25-33(7)22-34(8)26-38/h21-26,29-30,35-36,39-40H,11-20,27-28H2,1-10H3. The van der Waals surface area contributed by atoms with Crippen LogP contribution in [0, 0.1) is 39.5 Å².